The molecule has 0 fully saturated rings. The van der Waals surface area contributed by atoms with E-state index in [1.807, 2.05) is 24.3 Å². The summed E-state index contributed by atoms with van der Waals surface area (Å²) in [6.45, 7) is 1.83. The fourth-order valence-electron chi connectivity index (χ4n) is 1.44. The van der Waals surface area contributed by atoms with Crippen LogP contribution in [0.25, 0.3) is 0 Å². The average Bonchev–Trinajstić information content (AvgIpc) is 2.35. The van der Waals surface area contributed by atoms with Crippen LogP contribution in [0.3, 0.4) is 0 Å². The van der Waals surface area contributed by atoms with Crippen molar-refractivity contribution in [1.82, 2.24) is 0 Å². The van der Waals surface area contributed by atoms with Gasteiger partial charge in [-0.3, -0.25) is 0 Å². The Morgan fingerprint density at radius 2 is 1.75 bits per heavy atom. The van der Waals surface area contributed by atoms with Gasteiger partial charge in [-0.1, -0.05) is 25.5 Å². The molecule has 0 amide bonds. The van der Waals surface area contributed by atoms with E-state index in [0.29, 0.717) is 5.75 Å². The summed E-state index contributed by atoms with van der Waals surface area (Å²) < 4.78 is 5.37. The van der Waals surface area contributed by atoms with Gasteiger partial charge in [0.1, 0.15) is 11.9 Å². The molecule has 0 spiro atoms. The van der Waals surface area contributed by atoms with Crippen molar-refractivity contribution in [2.45, 2.75) is 32.3 Å². The summed E-state index contributed by atoms with van der Waals surface area (Å²) in [6, 6.07) is 7.81. The Bertz CT molecular complexity index is 278. The minimum Gasteiger partial charge on any atom is -0.486 e. The van der Waals surface area contributed by atoms with Crippen LogP contribution in [0.4, 0.5) is 0 Å². The average molecular weight is 224 g/mol. The maximum atomic E-state index is 8.87. The summed E-state index contributed by atoms with van der Waals surface area (Å²) in [7, 11) is 0. The van der Waals surface area contributed by atoms with Crippen molar-refractivity contribution < 1.29 is 14.9 Å². The molecule has 0 unspecified atom stereocenters. The molecule has 2 N–H and O–H groups in total. The number of benzene rings is 1. The van der Waals surface area contributed by atoms with Crippen LogP contribution in [-0.4, -0.2) is 29.5 Å². The molecule has 0 aromatic heterocycles. The number of aliphatic hydroxyl groups excluding tert-OH is 2. The lowest BCUT2D eigenvalue weighted by atomic mass is 10.1. The van der Waals surface area contributed by atoms with E-state index in [9.17, 15) is 0 Å². The molecule has 1 aromatic rings. The van der Waals surface area contributed by atoms with Gasteiger partial charge in [0.2, 0.25) is 0 Å². The first-order valence-corrected chi connectivity index (χ1v) is 5.77. The summed E-state index contributed by atoms with van der Waals surface area (Å²) in [4.78, 5) is 0. The van der Waals surface area contributed by atoms with Crippen LogP contribution in [0, 0.1) is 0 Å². The lowest BCUT2D eigenvalue weighted by molar-refractivity contribution is 0.0629. The molecule has 0 aliphatic rings. The molecule has 0 atom stereocenters. The highest BCUT2D eigenvalue weighted by molar-refractivity contribution is 5.27. The monoisotopic (exact) mass is 224 g/mol. The summed E-state index contributed by atoms with van der Waals surface area (Å²) in [5, 5.41) is 17.7. The van der Waals surface area contributed by atoms with Gasteiger partial charge in [-0.2, -0.15) is 0 Å². The third-order valence-corrected chi connectivity index (χ3v) is 2.45. The molecular weight excluding hydrogens is 204 g/mol. The first kappa shape index (κ1) is 13.0. The summed E-state index contributed by atoms with van der Waals surface area (Å²) >= 11 is 0. The maximum Gasteiger partial charge on any atom is 0.145 e. The zero-order valence-electron chi connectivity index (χ0n) is 9.72. The van der Waals surface area contributed by atoms with Gasteiger partial charge in [-0.15, -0.1) is 0 Å². The van der Waals surface area contributed by atoms with Gasteiger partial charge in [-0.25, -0.2) is 0 Å². The number of aliphatic hydroxyl groups is 2. The molecule has 3 heteroatoms. The highest BCUT2D eigenvalue weighted by atomic mass is 16.5. The Morgan fingerprint density at radius 1 is 1.12 bits per heavy atom. The Kier molecular flexibility index (Phi) is 5.90. The molecule has 0 bridgehead atoms. The van der Waals surface area contributed by atoms with Crippen LogP contribution >= 0.6 is 0 Å². The Hall–Kier alpha value is -1.06. The van der Waals surface area contributed by atoms with Crippen molar-refractivity contribution in [1.29, 1.82) is 0 Å². The van der Waals surface area contributed by atoms with Crippen molar-refractivity contribution in [2.75, 3.05) is 13.2 Å². The normalized spacial score (nSPS) is 10.8. The number of hydrogen-bond donors (Lipinski definition) is 2. The fourth-order valence-corrected chi connectivity index (χ4v) is 1.44. The summed E-state index contributed by atoms with van der Waals surface area (Å²) in [6.07, 6.45) is 2.94. The Labute approximate surface area is 96.7 Å². The largest absolute Gasteiger partial charge is 0.486 e. The SMILES string of the molecule is CCCCc1ccc(OC(CO)CO)cc1. The third-order valence-electron chi connectivity index (χ3n) is 2.45. The van der Waals surface area contributed by atoms with Crippen LogP contribution in [0.15, 0.2) is 24.3 Å². The third kappa shape index (κ3) is 4.21. The quantitative estimate of drug-likeness (QED) is 0.742. The van der Waals surface area contributed by atoms with Crippen LogP contribution in [0.2, 0.25) is 0 Å². The zero-order chi connectivity index (χ0) is 11.8. The molecule has 0 aliphatic carbocycles. The highest BCUT2D eigenvalue weighted by Gasteiger charge is 2.06. The van der Waals surface area contributed by atoms with Crippen molar-refractivity contribution in [3.63, 3.8) is 0 Å². The molecule has 1 rings (SSSR count). The van der Waals surface area contributed by atoms with Crippen LogP contribution in [-0.2, 0) is 6.42 Å². The molecule has 90 valence electrons. The standard InChI is InChI=1S/C13H20O3/c1-2-3-4-11-5-7-12(8-6-11)16-13(9-14)10-15/h5-8,13-15H,2-4,9-10H2,1H3. The highest BCUT2D eigenvalue weighted by Crippen LogP contribution is 2.15. The van der Waals surface area contributed by atoms with Crippen LogP contribution in [0.1, 0.15) is 25.3 Å². The topological polar surface area (TPSA) is 49.7 Å². The second kappa shape index (κ2) is 7.25. The van der Waals surface area contributed by atoms with Crippen molar-refractivity contribution >= 4 is 0 Å². The van der Waals surface area contributed by atoms with Crippen molar-refractivity contribution in [3.05, 3.63) is 29.8 Å². The molecule has 1 aromatic carbocycles. The number of aryl methyl sites for hydroxylation is 1. The van der Waals surface area contributed by atoms with Gasteiger partial charge in [0.25, 0.3) is 0 Å². The molecule has 0 aliphatic heterocycles. The summed E-state index contributed by atoms with van der Waals surface area (Å²) in [5.74, 6) is 0.688. The van der Waals surface area contributed by atoms with Crippen LogP contribution in [0.5, 0.6) is 5.75 Å². The number of ether oxygens (including phenoxy) is 1. The van der Waals surface area contributed by atoms with E-state index in [1.54, 1.807) is 0 Å². The zero-order valence-corrected chi connectivity index (χ0v) is 9.72. The Balaban J connectivity index is 2.50. The van der Waals surface area contributed by atoms with Gasteiger partial charge < -0.3 is 14.9 Å². The molecule has 0 radical (unpaired) electrons. The maximum absolute atomic E-state index is 8.87. The second-order valence-electron chi connectivity index (χ2n) is 3.85. The minimum atomic E-state index is -0.526. The summed E-state index contributed by atoms with van der Waals surface area (Å²) in [5.41, 5.74) is 1.29. The van der Waals surface area contributed by atoms with E-state index in [2.05, 4.69) is 6.92 Å². The molecule has 0 saturated carbocycles. The van der Waals surface area contributed by atoms with Crippen LogP contribution < -0.4 is 4.74 Å². The first-order valence-electron chi connectivity index (χ1n) is 5.77. The predicted octanol–water partition coefficient (Wildman–Crippen LogP) is 1.76. The smallest absolute Gasteiger partial charge is 0.145 e. The van der Waals surface area contributed by atoms with Gasteiger partial charge in [0.15, 0.2) is 0 Å². The number of hydrogen-bond acceptors (Lipinski definition) is 3. The van der Waals surface area contributed by atoms with E-state index in [1.165, 1.54) is 18.4 Å². The van der Waals surface area contributed by atoms with Gasteiger partial charge in [0.05, 0.1) is 13.2 Å². The second-order valence-corrected chi connectivity index (χ2v) is 3.85. The minimum absolute atomic E-state index is 0.173. The Morgan fingerprint density at radius 3 is 2.25 bits per heavy atom. The molecular formula is C13H20O3. The van der Waals surface area contributed by atoms with Crippen molar-refractivity contribution in [3.8, 4) is 5.75 Å². The number of rotatable bonds is 7. The molecule has 0 saturated heterocycles. The molecule has 0 heterocycles. The van der Waals surface area contributed by atoms with Crippen molar-refractivity contribution in [2.24, 2.45) is 0 Å². The van der Waals surface area contributed by atoms with E-state index in [0.717, 1.165) is 6.42 Å². The first-order chi connectivity index (χ1) is 7.80. The van der Waals surface area contributed by atoms with E-state index in [-0.39, 0.29) is 13.2 Å². The van der Waals surface area contributed by atoms with Gasteiger partial charge >= 0.3 is 0 Å². The molecule has 16 heavy (non-hydrogen) atoms. The van der Waals surface area contributed by atoms with Gasteiger partial charge in [-0.05, 0) is 30.5 Å². The molecule has 3 nitrogen and oxygen atoms in total. The van der Waals surface area contributed by atoms with E-state index < -0.39 is 6.10 Å². The van der Waals surface area contributed by atoms with E-state index in [4.69, 9.17) is 14.9 Å². The van der Waals surface area contributed by atoms with E-state index >= 15 is 0 Å². The lowest BCUT2D eigenvalue weighted by Gasteiger charge is -2.14. The lowest BCUT2D eigenvalue weighted by Crippen LogP contribution is -2.25. The predicted molar refractivity (Wildman–Crippen MR) is 63.6 cm³/mol. The fraction of sp³-hybridized carbons (Fsp3) is 0.538. The number of unbranched alkanes of at least 4 members (excludes halogenated alkanes) is 1. The van der Waals surface area contributed by atoms with Gasteiger partial charge in [0, 0.05) is 0 Å².